The maximum atomic E-state index is 12.6. The Morgan fingerprint density at radius 3 is 2.67 bits per heavy atom. The van der Waals surface area contributed by atoms with Crippen LogP contribution in [-0.4, -0.2) is 30.3 Å². The Kier molecular flexibility index (Phi) is 4.02. The Morgan fingerprint density at radius 1 is 1.44 bits per heavy atom. The van der Waals surface area contributed by atoms with Crippen LogP contribution in [0, 0.1) is 12.8 Å². The molecule has 0 aliphatic carbocycles. The van der Waals surface area contributed by atoms with Crippen LogP contribution in [0.3, 0.4) is 0 Å². The van der Waals surface area contributed by atoms with Crippen LogP contribution in [0.2, 0.25) is 4.47 Å². The first-order chi connectivity index (χ1) is 8.34. The maximum Gasteiger partial charge on any atom is 0.254 e. The molecule has 1 aliphatic rings. The Bertz CT molecular complexity index is 541. The number of hydrogen-bond donors (Lipinski definition) is 0. The largest absolute Gasteiger partial charge is 0.254 e. The second-order valence-electron chi connectivity index (χ2n) is 4.82. The summed E-state index contributed by atoms with van der Waals surface area (Å²) in [5, 5.41) is 0. The van der Waals surface area contributed by atoms with Crippen LogP contribution in [-0.2, 0) is 10.0 Å². The number of halogens is 1. The second-order valence-corrected chi connectivity index (χ2v) is 8.48. The molecule has 102 valence electrons. The van der Waals surface area contributed by atoms with E-state index in [1.54, 1.807) is 11.2 Å². The number of aromatic nitrogens is 1. The molecule has 2 atom stereocenters. The van der Waals surface area contributed by atoms with Crippen molar-refractivity contribution in [1.82, 2.24) is 9.29 Å². The van der Waals surface area contributed by atoms with Gasteiger partial charge in [0.1, 0.15) is 0 Å². The zero-order valence-corrected chi connectivity index (χ0v) is 13.1. The van der Waals surface area contributed by atoms with Crippen molar-refractivity contribution in [2.24, 2.45) is 5.92 Å². The van der Waals surface area contributed by atoms with Gasteiger partial charge in [0.2, 0.25) is 0 Å². The highest BCUT2D eigenvalue weighted by atomic mass is 35.5. The van der Waals surface area contributed by atoms with E-state index in [-0.39, 0.29) is 14.7 Å². The molecular formula is C11H17ClN2O2S2. The van der Waals surface area contributed by atoms with Gasteiger partial charge in [-0.2, -0.15) is 4.31 Å². The number of rotatable bonds is 2. The van der Waals surface area contributed by atoms with Crippen molar-refractivity contribution in [3.63, 3.8) is 0 Å². The Balaban J connectivity index is 2.39. The lowest BCUT2D eigenvalue weighted by Crippen LogP contribution is -2.45. The summed E-state index contributed by atoms with van der Waals surface area (Å²) in [6, 6.07) is 0.0315. The van der Waals surface area contributed by atoms with E-state index in [2.05, 4.69) is 11.9 Å². The van der Waals surface area contributed by atoms with Crippen LogP contribution < -0.4 is 0 Å². The molecule has 18 heavy (non-hydrogen) atoms. The first-order valence-corrected chi connectivity index (χ1v) is 8.62. The van der Waals surface area contributed by atoms with E-state index in [4.69, 9.17) is 11.6 Å². The van der Waals surface area contributed by atoms with Crippen LogP contribution in [0.25, 0.3) is 0 Å². The highest BCUT2D eigenvalue weighted by molar-refractivity contribution is 7.91. The molecule has 0 aromatic carbocycles. The van der Waals surface area contributed by atoms with Crippen molar-refractivity contribution < 1.29 is 8.42 Å². The molecule has 1 aromatic heterocycles. The topological polar surface area (TPSA) is 50.3 Å². The number of piperidine rings is 1. The third-order valence-corrected chi connectivity index (χ3v) is 7.42. The molecule has 7 heteroatoms. The standard InChI is InChI=1S/C11H17ClN2O2S2/c1-7-5-4-6-14(9(7)3)18(15,16)10-8(2)13-11(12)17-10/h7,9H,4-6H2,1-3H3. The smallest absolute Gasteiger partial charge is 0.229 e. The number of aryl methyl sites for hydroxylation is 1. The zero-order valence-electron chi connectivity index (χ0n) is 10.7. The summed E-state index contributed by atoms with van der Waals surface area (Å²) in [6.45, 7) is 6.34. The lowest BCUT2D eigenvalue weighted by atomic mass is 9.94. The van der Waals surface area contributed by atoms with Gasteiger partial charge >= 0.3 is 0 Å². The van der Waals surface area contributed by atoms with Gasteiger partial charge in [-0.25, -0.2) is 13.4 Å². The average molecular weight is 309 g/mol. The van der Waals surface area contributed by atoms with Crippen LogP contribution in [0.4, 0.5) is 0 Å². The summed E-state index contributed by atoms with van der Waals surface area (Å²) in [4.78, 5) is 3.99. The Labute approximate surface area is 117 Å². The number of nitrogens with zero attached hydrogens (tertiary/aromatic N) is 2. The summed E-state index contributed by atoms with van der Waals surface area (Å²) < 4.78 is 27.4. The third kappa shape index (κ3) is 2.43. The maximum absolute atomic E-state index is 12.6. The van der Waals surface area contributed by atoms with Crippen molar-refractivity contribution in [3.8, 4) is 0 Å². The normalized spacial score (nSPS) is 26.4. The highest BCUT2D eigenvalue weighted by Crippen LogP contribution is 2.34. The van der Waals surface area contributed by atoms with Gasteiger partial charge in [0, 0.05) is 12.6 Å². The first-order valence-electron chi connectivity index (χ1n) is 5.99. The Hall–Kier alpha value is -0.170. The fourth-order valence-electron chi connectivity index (χ4n) is 2.33. The fourth-order valence-corrected chi connectivity index (χ4v) is 5.95. The molecular weight excluding hydrogens is 292 g/mol. The molecule has 0 radical (unpaired) electrons. The lowest BCUT2D eigenvalue weighted by molar-refractivity contribution is 0.202. The van der Waals surface area contributed by atoms with E-state index in [0.29, 0.717) is 18.2 Å². The fraction of sp³-hybridized carbons (Fsp3) is 0.727. The molecule has 2 heterocycles. The van der Waals surface area contributed by atoms with Crippen molar-refractivity contribution in [3.05, 3.63) is 10.2 Å². The first kappa shape index (κ1) is 14.2. The van der Waals surface area contributed by atoms with Gasteiger partial charge in [-0.1, -0.05) is 29.9 Å². The minimum absolute atomic E-state index is 0.0315. The summed E-state index contributed by atoms with van der Waals surface area (Å²) in [5.74, 6) is 0.386. The van der Waals surface area contributed by atoms with Crippen molar-refractivity contribution in [2.45, 2.75) is 43.9 Å². The van der Waals surface area contributed by atoms with Crippen LogP contribution in [0.5, 0.6) is 0 Å². The molecule has 4 nitrogen and oxygen atoms in total. The van der Waals surface area contributed by atoms with E-state index in [0.717, 1.165) is 24.2 Å². The number of thiazole rings is 1. The van der Waals surface area contributed by atoms with E-state index in [1.165, 1.54) is 0 Å². The molecule has 1 aromatic rings. The molecule has 1 saturated heterocycles. The van der Waals surface area contributed by atoms with Crippen LogP contribution in [0.1, 0.15) is 32.4 Å². The van der Waals surface area contributed by atoms with Gasteiger partial charge in [-0.05, 0) is 32.6 Å². The zero-order chi connectivity index (χ0) is 13.5. The third-order valence-electron chi connectivity index (χ3n) is 3.59. The minimum Gasteiger partial charge on any atom is -0.229 e. The minimum atomic E-state index is -3.45. The van der Waals surface area contributed by atoms with Gasteiger partial charge in [0.25, 0.3) is 10.0 Å². The highest BCUT2D eigenvalue weighted by Gasteiger charge is 2.36. The summed E-state index contributed by atoms with van der Waals surface area (Å²) in [7, 11) is -3.45. The molecule has 0 bridgehead atoms. The summed E-state index contributed by atoms with van der Waals surface area (Å²) >= 11 is 6.84. The number of sulfonamides is 1. The molecule has 0 N–H and O–H groups in total. The predicted octanol–water partition coefficient (Wildman–Crippen LogP) is 2.91. The van der Waals surface area contributed by atoms with E-state index in [1.807, 2.05) is 6.92 Å². The monoisotopic (exact) mass is 308 g/mol. The van der Waals surface area contributed by atoms with E-state index >= 15 is 0 Å². The SMILES string of the molecule is Cc1nc(Cl)sc1S(=O)(=O)N1CCCC(C)C1C. The van der Waals surface area contributed by atoms with Crippen molar-refractivity contribution >= 4 is 33.0 Å². The van der Waals surface area contributed by atoms with Gasteiger partial charge in [-0.3, -0.25) is 0 Å². The number of hydrogen-bond acceptors (Lipinski definition) is 4. The van der Waals surface area contributed by atoms with Gasteiger partial charge < -0.3 is 0 Å². The summed E-state index contributed by atoms with van der Waals surface area (Å²) in [5.41, 5.74) is 0.496. The molecule has 1 aliphatic heterocycles. The van der Waals surface area contributed by atoms with Crippen molar-refractivity contribution in [2.75, 3.05) is 6.54 Å². The van der Waals surface area contributed by atoms with Crippen LogP contribution >= 0.6 is 22.9 Å². The molecule has 0 spiro atoms. The van der Waals surface area contributed by atoms with Crippen molar-refractivity contribution in [1.29, 1.82) is 0 Å². The predicted molar refractivity (Wildman–Crippen MR) is 73.6 cm³/mol. The molecule has 0 amide bonds. The quantitative estimate of drug-likeness (QED) is 0.844. The van der Waals surface area contributed by atoms with Gasteiger partial charge in [-0.15, -0.1) is 0 Å². The van der Waals surface area contributed by atoms with Gasteiger partial charge in [0.15, 0.2) is 8.68 Å². The van der Waals surface area contributed by atoms with Gasteiger partial charge in [0.05, 0.1) is 5.69 Å². The molecule has 2 unspecified atom stereocenters. The van der Waals surface area contributed by atoms with E-state index in [9.17, 15) is 8.42 Å². The van der Waals surface area contributed by atoms with Crippen LogP contribution in [0.15, 0.2) is 4.21 Å². The molecule has 2 rings (SSSR count). The molecule has 0 saturated carbocycles. The van der Waals surface area contributed by atoms with E-state index < -0.39 is 10.0 Å². The second kappa shape index (κ2) is 5.07. The Morgan fingerprint density at radius 2 is 2.11 bits per heavy atom. The summed E-state index contributed by atoms with van der Waals surface area (Å²) in [6.07, 6.45) is 1.99. The molecule has 1 fully saturated rings. The lowest BCUT2D eigenvalue weighted by Gasteiger charge is -2.36. The average Bonchev–Trinajstić information content (AvgIpc) is 2.62.